The standard InChI is InChI=1S/C31H38BrN3O6S/c1-7-22(3)33-31(37)23(4)34(19-24-10-14-26(40-5)15-11-24)30(36)20-35(25-12-8-21(2)9-13-25)42(38,39)27-16-17-29(41-6)28(32)18-27/h8-18,22-23H,7,19-20H2,1-6H3,(H,33,37)/t22-,23+/m1/s1. The number of benzene rings is 3. The SMILES string of the molecule is CC[C@@H](C)NC(=O)[C@H](C)N(Cc1ccc(OC)cc1)C(=O)CN(c1ccc(C)cc1)S(=O)(=O)c1ccc(OC)c(Br)c1. The van der Waals surface area contributed by atoms with Crippen LogP contribution in [-0.2, 0) is 26.2 Å². The number of hydrogen-bond acceptors (Lipinski definition) is 6. The molecule has 0 aliphatic rings. The lowest BCUT2D eigenvalue weighted by atomic mass is 10.1. The molecule has 3 aromatic rings. The van der Waals surface area contributed by atoms with Gasteiger partial charge >= 0.3 is 0 Å². The highest BCUT2D eigenvalue weighted by Gasteiger charge is 2.33. The number of methoxy groups -OCH3 is 2. The normalized spacial score (nSPS) is 12.6. The molecule has 0 aliphatic heterocycles. The molecule has 3 rings (SSSR count). The third-order valence-corrected chi connectivity index (χ3v) is 9.38. The second-order valence-electron chi connectivity index (χ2n) is 10.0. The Morgan fingerprint density at radius 2 is 1.60 bits per heavy atom. The van der Waals surface area contributed by atoms with Crippen molar-refractivity contribution in [3.8, 4) is 11.5 Å². The van der Waals surface area contributed by atoms with E-state index in [0.717, 1.165) is 21.9 Å². The summed E-state index contributed by atoms with van der Waals surface area (Å²) in [6.07, 6.45) is 0.724. The Balaban J connectivity index is 2.04. The average Bonchev–Trinajstić information content (AvgIpc) is 2.98. The summed E-state index contributed by atoms with van der Waals surface area (Å²) in [5.74, 6) is 0.268. The first-order chi connectivity index (χ1) is 19.9. The lowest BCUT2D eigenvalue weighted by molar-refractivity contribution is -0.139. The Kier molecular flexibility index (Phi) is 11.4. The van der Waals surface area contributed by atoms with Crippen molar-refractivity contribution < 1.29 is 27.5 Å². The van der Waals surface area contributed by atoms with Gasteiger partial charge in [-0.15, -0.1) is 0 Å². The molecule has 0 saturated carbocycles. The molecule has 2 atom stereocenters. The van der Waals surface area contributed by atoms with E-state index in [2.05, 4.69) is 21.2 Å². The maximum Gasteiger partial charge on any atom is 0.264 e. The Hall–Kier alpha value is -3.57. The number of amides is 2. The van der Waals surface area contributed by atoms with Crippen molar-refractivity contribution in [3.05, 3.63) is 82.3 Å². The van der Waals surface area contributed by atoms with Gasteiger partial charge in [0.1, 0.15) is 24.1 Å². The van der Waals surface area contributed by atoms with Gasteiger partial charge in [0.15, 0.2) is 0 Å². The van der Waals surface area contributed by atoms with Crippen molar-refractivity contribution in [1.82, 2.24) is 10.2 Å². The highest BCUT2D eigenvalue weighted by atomic mass is 79.9. The van der Waals surface area contributed by atoms with Crippen molar-refractivity contribution in [2.45, 2.75) is 57.6 Å². The van der Waals surface area contributed by atoms with Gasteiger partial charge in [-0.25, -0.2) is 8.42 Å². The summed E-state index contributed by atoms with van der Waals surface area (Å²) in [6.45, 7) is 6.95. The Morgan fingerprint density at radius 3 is 2.14 bits per heavy atom. The summed E-state index contributed by atoms with van der Waals surface area (Å²) in [7, 11) is -1.16. The van der Waals surface area contributed by atoms with E-state index in [9.17, 15) is 18.0 Å². The second kappa shape index (κ2) is 14.6. The van der Waals surface area contributed by atoms with E-state index in [1.165, 1.54) is 24.1 Å². The van der Waals surface area contributed by atoms with Gasteiger partial charge in [0, 0.05) is 12.6 Å². The molecule has 0 spiro atoms. The summed E-state index contributed by atoms with van der Waals surface area (Å²) >= 11 is 3.36. The monoisotopic (exact) mass is 659 g/mol. The zero-order valence-corrected chi connectivity index (χ0v) is 27.2. The van der Waals surface area contributed by atoms with Crippen LogP contribution < -0.4 is 19.1 Å². The maximum absolute atomic E-state index is 14.1. The van der Waals surface area contributed by atoms with Gasteiger partial charge in [-0.05, 0) is 91.1 Å². The van der Waals surface area contributed by atoms with Crippen LogP contribution in [0, 0.1) is 6.92 Å². The first-order valence-electron chi connectivity index (χ1n) is 13.6. The molecule has 0 saturated heterocycles. The molecule has 3 aromatic carbocycles. The quantitative estimate of drug-likeness (QED) is 0.267. The zero-order chi connectivity index (χ0) is 31.0. The van der Waals surface area contributed by atoms with Crippen molar-refractivity contribution in [1.29, 1.82) is 0 Å². The molecule has 1 N–H and O–H groups in total. The average molecular weight is 661 g/mol. The van der Waals surface area contributed by atoms with Crippen LogP contribution in [0.1, 0.15) is 38.3 Å². The van der Waals surface area contributed by atoms with E-state index in [-0.39, 0.29) is 23.4 Å². The van der Waals surface area contributed by atoms with Crippen LogP contribution in [0.15, 0.2) is 76.1 Å². The van der Waals surface area contributed by atoms with E-state index < -0.39 is 28.5 Å². The molecule has 9 nitrogen and oxygen atoms in total. The van der Waals surface area contributed by atoms with Gasteiger partial charge in [-0.1, -0.05) is 36.8 Å². The molecule has 0 bridgehead atoms. The number of rotatable bonds is 13. The van der Waals surface area contributed by atoms with Crippen LogP contribution >= 0.6 is 15.9 Å². The molecular weight excluding hydrogens is 622 g/mol. The number of aryl methyl sites for hydroxylation is 1. The number of anilines is 1. The summed E-state index contributed by atoms with van der Waals surface area (Å²) in [5, 5.41) is 2.93. The van der Waals surface area contributed by atoms with E-state index >= 15 is 0 Å². The predicted molar refractivity (Wildman–Crippen MR) is 167 cm³/mol. The van der Waals surface area contributed by atoms with E-state index in [0.29, 0.717) is 21.7 Å². The molecule has 0 fully saturated rings. The van der Waals surface area contributed by atoms with Gasteiger partial charge in [0.05, 0.1) is 29.3 Å². The number of ether oxygens (including phenoxy) is 2. The summed E-state index contributed by atoms with van der Waals surface area (Å²) in [4.78, 5) is 28.6. The van der Waals surface area contributed by atoms with Gasteiger partial charge in [0.2, 0.25) is 11.8 Å². The smallest absolute Gasteiger partial charge is 0.264 e. The van der Waals surface area contributed by atoms with Crippen LogP contribution in [0.2, 0.25) is 0 Å². The van der Waals surface area contributed by atoms with Crippen LogP contribution in [0.4, 0.5) is 5.69 Å². The molecule has 0 aliphatic carbocycles. The molecule has 0 heterocycles. The number of nitrogens with zero attached hydrogens (tertiary/aromatic N) is 2. The minimum Gasteiger partial charge on any atom is -0.497 e. The Morgan fingerprint density at radius 1 is 0.952 bits per heavy atom. The fourth-order valence-corrected chi connectivity index (χ4v) is 6.28. The zero-order valence-electron chi connectivity index (χ0n) is 24.8. The second-order valence-corrected chi connectivity index (χ2v) is 12.7. The number of halogens is 1. The van der Waals surface area contributed by atoms with E-state index in [1.807, 2.05) is 32.9 Å². The Bertz CT molecular complexity index is 1480. The number of sulfonamides is 1. The highest BCUT2D eigenvalue weighted by Crippen LogP contribution is 2.31. The molecule has 2 amide bonds. The molecule has 11 heteroatoms. The lowest BCUT2D eigenvalue weighted by Gasteiger charge is -2.32. The molecule has 226 valence electrons. The van der Waals surface area contributed by atoms with Crippen LogP contribution in [-0.4, -0.2) is 58.0 Å². The lowest BCUT2D eigenvalue weighted by Crippen LogP contribution is -2.52. The molecule has 42 heavy (non-hydrogen) atoms. The number of nitrogens with one attached hydrogen (secondary N) is 1. The van der Waals surface area contributed by atoms with Crippen molar-refractivity contribution >= 4 is 43.5 Å². The number of carbonyl (C=O) groups excluding carboxylic acids is 2. The van der Waals surface area contributed by atoms with Gasteiger partial charge in [0.25, 0.3) is 10.0 Å². The van der Waals surface area contributed by atoms with Crippen molar-refractivity contribution in [2.24, 2.45) is 0 Å². The highest BCUT2D eigenvalue weighted by molar-refractivity contribution is 9.10. The minimum absolute atomic E-state index is 0.0205. The molecular formula is C31H38BrN3O6S. The molecule has 0 radical (unpaired) electrons. The van der Waals surface area contributed by atoms with E-state index in [1.54, 1.807) is 56.5 Å². The van der Waals surface area contributed by atoms with Crippen molar-refractivity contribution in [3.63, 3.8) is 0 Å². The van der Waals surface area contributed by atoms with Gasteiger partial charge in [-0.3, -0.25) is 13.9 Å². The first-order valence-corrected chi connectivity index (χ1v) is 15.8. The van der Waals surface area contributed by atoms with Crippen LogP contribution in [0.25, 0.3) is 0 Å². The van der Waals surface area contributed by atoms with Gasteiger partial charge in [-0.2, -0.15) is 0 Å². The van der Waals surface area contributed by atoms with E-state index in [4.69, 9.17) is 9.47 Å². The third-order valence-electron chi connectivity index (χ3n) is 6.99. The van der Waals surface area contributed by atoms with Crippen LogP contribution in [0.3, 0.4) is 0 Å². The third kappa shape index (κ3) is 8.04. The maximum atomic E-state index is 14.1. The first kappa shape index (κ1) is 32.9. The topological polar surface area (TPSA) is 105 Å². The Labute approximate surface area is 257 Å². The number of carbonyl (C=O) groups is 2. The molecule has 0 aromatic heterocycles. The summed E-state index contributed by atoms with van der Waals surface area (Å²) < 4.78 is 40.1. The number of hydrogen-bond donors (Lipinski definition) is 1. The fraction of sp³-hybridized carbons (Fsp3) is 0.355. The fourth-order valence-electron chi connectivity index (χ4n) is 4.15. The van der Waals surface area contributed by atoms with Crippen molar-refractivity contribution in [2.75, 3.05) is 25.1 Å². The summed E-state index contributed by atoms with van der Waals surface area (Å²) in [5.41, 5.74) is 2.02. The van der Waals surface area contributed by atoms with Gasteiger partial charge < -0.3 is 19.7 Å². The minimum atomic E-state index is -4.21. The van der Waals surface area contributed by atoms with Crippen LogP contribution in [0.5, 0.6) is 11.5 Å². The predicted octanol–water partition coefficient (Wildman–Crippen LogP) is 5.30. The summed E-state index contributed by atoms with van der Waals surface area (Å²) in [6, 6.07) is 17.5. The largest absolute Gasteiger partial charge is 0.497 e. The molecule has 0 unspecified atom stereocenters.